The molecule has 26 heavy (non-hydrogen) atoms. The summed E-state index contributed by atoms with van der Waals surface area (Å²) in [5, 5.41) is 21.8. The first-order valence-corrected chi connectivity index (χ1v) is 10.1. The Labute approximate surface area is 156 Å². The molecule has 0 spiro atoms. The van der Waals surface area contributed by atoms with Crippen LogP contribution in [0.5, 0.6) is 0 Å². The minimum atomic E-state index is -0.723. The summed E-state index contributed by atoms with van der Waals surface area (Å²) in [7, 11) is 0. The van der Waals surface area contributed by atoms with Crippen molar-refractivity contribution >= 4 is 5.97 Å². The van der Waals surface area contributed by atoms with Gasteiger partial charge in [-0.3, -0.25) is 4.79 Å². The fourth-order valence-corrected chi connectivity index (χ4v) is 4.19. The Morgan fingerprint density at radius 2 is 2.08 bits per heavy atom. The van der Waals surface area contributed by atoms with Gasteiger partial charge in [-0.15, -0.1) is 0 Å². The molecule has 2 aliphatic rings. The number of carbonyl (C=O) groups is 1. The van der Waals surface area contributed by atoms with Crippen LogP contribution in [0, 0.1) is 11.8 Å². The van der Waals surface area contributed by atoms with Gasteiger partial charge in [-0.2, -0.15) is 0 Å². The summed E-state index contributed by atoms with van der Waals surface area (Å²) in [6.45, 7) is 4.40. The molecule has 2 fully saturated rings. The smallest absolute Gasteiger partial charge is 0.303 e. The number of carboxylic acids is 1. The van der Waals surface area contributed by atoms with Crippen LogP contribution >= 0.6 is 0 Å². The van der Waals surface area contributed by atoms with E-state index in [9.17, 15) is 9.90 Å². The SMILES string of the molecule is CCOCC(O)CNCC[C@H]1[C@@H](C/C=C\CCCC(=O)O)[C@H]2CC[C@@H]1O2. The molecule has 2 aliphatic heterocycles. The van der Waals surface area contributed by atoms with Crippen LogP contribution in [0.3, 0.4) is 0 Å². The average Bonchev–Trinajstić information content (AvgIpc) is 3.21. The van der Waals surface area contributed by atoms with Gasteiger partial charge in [0.25, 0.3) is 0 Å². The molecule has 150 valence electrons. The number of aliphatic carboxylic acids is 1. The van der Waals surface area contributed by atoms with Crippen LogP contribution in [0.2, 0.25) is 0 Å². The third-order valence-electron chi connectivity index (χ3n) is 5.48. The van der Waals surface area contributed by atoms with E-state index in [2.05, 4.69) is 17.5 Å². The summed E-state index contributed by atoms with van der Waals surface area (Å²) in [6, 6.07) is 0. The highest BCUT2D eigenvalue weighted by molar-refractivity contribution is 5.66. The van der Waals surface area contributed by atoms with E-state index in [1.54, 1.807) is 0 Å². The van der Waals surface area contributed by atoms with E-state index in [4.69, 9.17) is 14.6 Å². The summed E-state index contributed by atoms with van der Waals surface area (Å²) < 4.78 is 11.3. The lowest BCUT2D eigenvalue weighted by atomic mass is 9.76. The Morgan fingerprint density at radius 3 is 2.81 bits per heavy atom. The second kappa shape index (κ2) is 11.7. The Morgan fingerprint density at radius 1 is 1.31 bits per heavy atom. The number of rotatable bonds is 14. The van der Waals surface area contributed by atoms with Gasteiger partial charge >= 0.3 is 5.97 Å². The molecule has 0 aromatic rings. The molecular formula is C20H35NO5. The minimum Gasteiger partial charge on any atom is -0.481 e. The van der Waals surface area contributed by atoms with E-state index in [1.807, 2.05) is 6.92 Å². The molecule has 6 nitrogen and oxygen atoms in total. The summed E-state index contributed by atoms with van der Waals surface area (Å²) in [5.41, 5.74) is 0. The number of aliphatic hydroxyl groups is 1. The Hall–Kier alpha value is -0.950. The molecule has 0 radical (unpaired) electrons. The van der Waals surface area contributed by atoms with Gasteiger partial charge in [0.1, 0.15) is 0 Å². The fourth-order valence-electron chi connectivity index (χ4n) is 4.19. The molecule has 2 heterocycles. The van der Waals surface area contributed by atoms with Crippen LogP contribution < -0.4 is 5.32 Å². The van der Waals surface area contributed by atoms with Gasteiger partial charge in [0.05, 0.1) is 24.9 Å². The van der Waals surface area contributed by atoms with Crippen molar-refractivity contribution in [2.45, 2.75) is 70.2 Å². The molecule has 0 aromatic carbocycles. The van der Waals surface area contributed by atoms with Gasteiger partial charge in [0, 0.05) is 19.6 Å². The van der Waals surface area contributed by atoms with E-state index in [1.165, 1.54) is 12.8 Å². The third-order valence-corrected chi connectivity index (χ3v) is 5.48. The predicted molar refractivity (Wildman–Crippen MR) is 100 cm³/mol. The third kappa shape index (κ3) is 6.99. The van der Waals surface area contributed by atoms with Crippen LogP contribution in [0.25, 0.3) is 0 Å². The van der Waals surface area contributed by atoms with Crippen LogP contribution in [-0.4, -0.2) is 60.8 Å². The molecule has 0 aliphatic carbocycles. The second-order valence-corrected chi connectivity index (χ2v) is 7.42. The molecule has 2 saturated heterocycles. The molecule has 0 saturated carbocycles. The fraction of sp³-hybridized carbons (Fsp3) is 0.850. The van der Waals surface area contributed by atoms with E-state index in [0.717, 1.165) is 25.8 Å². The zero-order chi connectivity index (χ0) is 18.8. The highest BCUT2D eigenvalue weighted by Gasteiger charge is 2.47. The van der Waals surface area contributed by atoms with Crippen LogP contribution in [0.4, 0.5) is 0 Å². The van der Waals surface area contributed by atoms with E-state index in [-0.39, 0.29) is 6.42 Å². The van der Waals surface area contributed by atoms with Gasteiger partial charge in [-0.25, -0.2) is 0 Å². The van der Waals surface area contributed by atoms with E-state index >= 15 is 0 Å². The maximum atomic E-state index is 10.5. The molecule has 2 bridgehead atoms. The Bertz CT molecular complexity index is 442. The number of carboxylic acid groups (broad SMARTS) is 1. The lowest BCUT2D eigenvalue weighted by Gasteiger charge is -2.27. The van der Waals surface area contributed by atoms with Gasteiger partial charge in [-0.05, 0) is 63.8 Å². The zero-order valence-corrected chi connectivity index (χ0v) is 15.9. The van der Waals surface area contributed by atoms with E-state index < -0.39 is 12.1 Å². The number of unbranched alkanes of at least 4 members (excludes halogenated alkanes) is 1. The second-order valence-electron chi connectivity index (χ2n) is 7.42. The van der Waals surface area contributed by atoms with Crippen molar-refractivity contribution in [1.29, 1.82) is 0 Å². The Kier molecular flexibility index (Phi) is 9.61. The molecular weight excluding hydrogens is 334 g/mol. The van der Waals surface area contributed by atoms with Crippen molar-refractivity contribution in [1.82, 2.24) is 5.32 Å². The summed E-state index contributed by atoms with van der Waals surface area (Å²) in [4.78, 5) is 10.5. The molecule has 0 aromatic heterocycles. The van der Waals surface area contributed by atoms with Crippen molar-refractivity contribution in [3.63, 3.8) is 0 Å². The number of fused-ring (bicyclic) bond motifs is 2. The van der Waals surface area contributed by atoms with Gasteiger partial charge in [-0.1, -0.05) is 12.2 Å². The van der Waals surface area contributed by atoms with Gasteiger partial charge in [0.15, 0.2) is 0 Å². The number of hydrogen-bond donors (Lipinski definition) is 3. The summed E-state index contributed by atoms with van der Waals surface area (Å²) in [5.74, 6) is 0.424. The molecule has 5 atom stereocenters. The number of hydrogen-bond acceptors (Lipinski definition) is 5. The quantitative estimate of drug-likeness (QED) is 0.322. The monoisotopic (exact) mass is 369 g/mol. The molecule has 3 N–H and O–H groups in total. The number of ether oxygens (including phenoxy) is 2. The van der Waals surface area contributed by atoms with Crippen molar-refractivity contribution in [2.24, 2.45) is 11.8 Å². The average molecular weight is 370 g/mol. The van der Waals surface area contributed by atoms with Crippen LogP contribution in [0.1, 0.15) is 51.9 Å². The predicted octanol–water partition coefficient (Wildman–Crippen LogP) is 2.36. The number of nitrogens with one attached hydrogen (secondary N) is 1. The molecule has 1 unspecified atom stereocenters. The molecule has 2 rings (SSSR count). The first-order valence-electron chi connectivity index (χ1n) is 10.1. The normalized spacial score (nSPS) is 28.8. The summed E-state index contributed by atoms with van der Waals surface area (Å²) in [6.07, 6.45) is 10.9. The topological polar surface area (TPSA) is 88.0 Å². The van der Waals surface area contributed by atoms with Crippen LogP contribution in [0.15, 0.2) is 12.2 Å². The van der Waals surface area contributed by atoms with Gasteiger partial charge in [0.2, 0.25) is 0 Å². The van der Waals surface area contributed by atoms with E-state index in [0.29, 0.717) is 50.2 Å². The highest BCUT2D eigenvalue weighted by atomic mass is 16.5. The van der Waals surface area contributed by atoms with Gasteiger partial charge < -0.3 is 25.0 Å². The molecule has 6 heteroatoms. The lowest BCUT2D eigenvalue weighted by molar-refractivity contribution is -0.137. The standard InChI is InChI=1S/C20H35NO5/c1-2-25-14-15(22)13-21-12-11-17-16(18-9-10-19(17)26-18)7-5-3-4-6-8-20(23)24/h3,5,15-19,21-22H,2,4,6-14H2,1H3,(H,23,24)/b5-3-/t15?,16-,17+,18-,19+/m1/s1. The maximum Gasteiger partial charge on any atom is 0.303 e. The van der Waals surface area contributed by atoms with Crippen molar-refractivity contribution in [2.75, 3.05) is 26.3 Å². The van der Waals surface area contributed by atoms with Crippen molar-refractivity contribution < 1.29 is 24.5 Å². The maximum absolute atomic E-state index is 10.5. The van der Waals surface area contributed by atoms with Crippen molar-refractivity contribution in [3.05, 3.63) is 12.2 Å². The first-order chi connectivity index (χ1) is 12.6. The number of allylic oxidation sites excluding steroid dienone is 2. The largest absolute Gasteiger partial charge is 0.481 e. The van der Waals surface area contributed by atoms with Crippen molar-refractivity contribution in [3.8, 4) is 0 Å². The van der Waals surface area contributed by atoms with Crippen LogP contribution in [-0.2, 0) is 14.3 Å². The first kappa shape index (κ1) is 21.4. The molecule has 0 amide bonds. The minimum absolute atomic E-state index is 0.241. The lowest BCUT2D eigenvalue weighted by Crippen LogP contribution is -2.34. The highest BCUT2D eigenvalue weighted by Crippen LogP contribution is 2.46. The zero-order valence-electron chi connectivity index (χ0n) is 15.9. The number of aliphatic hydroxyl groups excluding tert-OH is 1. The Balaban J connectivity index is 1.66. The summed E-state index contributed by atoms with van der Waals surface area (Å²) >= 11 is 0.